The Morgan fingerprint density at radius 2 is 2.05 bits per heavy atom. The van der Waals surface area contributed by atoms with Gasteiger partial charge < -0.3 is 9.47 Å². The topological polar surface area (TPSA) is 112 Å². The van der Waals surface area contributed by atoms with E-state index in [9.17, 15) is 4.79 Å². The van der Waals surface area contributed by atoms with Gasteiger partial charge in [0, 0.05) is 0 Å². The normalized spacial score (nSPS) is 11.1. The molecule has 0 spiro atoms. The summed E-state index contributed by atoms with van der Waals surface area (Å²) >= 11 is 1.13. The molecule has 0 bridgehead atoms. The number of esters is 1. The number of nitrogens with zero attached hydrogens (tertiary/aromatic N) is 3. The van der Waals surface area contributed by atoms with E-state index in [1.54, 1.807) is 0 Å². The summed E-state index contributed by atoms with van der Waals surface area (Å²) < 4.78 is 10.5. The van der Waals surface area contributed by atoms with Crippen molar-refractivity contribution < 1.29 is 14.3 Å². The first-order valence-corrected chi connectivity index (χ1v) is 7.52. The number of carbonyl (C=O) groups is 1. The van der Waals surface area contributed by atoms with Crippen LogP contribution in [0.4, 0.5) is 5.95 Å². The first-order chi connectivity index (χ1) is 9.84. The quantitative estimate of drug-likeness (QED) is 0.333. The highest BCUT2D eigenvalue weighted by Gasteiger charge is 2.17. The highest BCUT2D eigenvalue weighted by Crippen LogP contribution is 2.18. The number of nitrogen functional groups attached to an aromatic ring is 1. The Kier molecular flexibility index (Phi) is 6.63. The van der Waals surface area contributed by atoms with E-state index >= 15 is 0 Å². The van der Waals surface area contributed by atoms with Crippen molar-refractivity contribution in [2.24, 2.45) is 5.84 Å². The fraction of sp³-hybridized carbons (Fsp3) is 0.667. The van der Waals surface area contributed by atoms with E-state index < -0.39 is 5.60 Å². The third-order valence-corrected chi connectivity index (χ3v) is 2.72. The van der Waals surface area contributed by atoms with Gasteiger partial charge in [0.25, 0.3) is 0 Å². The molecule has 1 aromatic rings. The Morgan fingerprint density at radius 3 is 2.62 bits per heavy atom. The molecule has 0 fully saturated rings. The van der Waals surface area contributed by atoms with E-state index in [1.807, 2.05) is 27.7 Å². The Morgan fingerprint density at radius 1 is 1.33 bits per heavy atom. The van der Waals surface area contributed by atoms with Crippen LogP contribution in [0, 0.1) is 0 Å². The number of hydrazine groups is 1. The van der Waals surface area contributed by atoms with Crippen molar-refractivity contribution in [3.8, 4) is 6.01 Å². The smallest absolute Gasteiger partial charge is 0.322 e. The molecule has 1 rings (SSSR count). The Bertz CT molecular complexity index is 478. The largest absolute Gasteiger partial charge is 0.463 e. The van der Waals surface area contributed by atoms with Gasteiger partial charge in [-0.25, -0.2) is 5.84 Å². The van der Waals surface area contributed by atoms with Crippen LogP contribution >= 0.6 is 11.8 Å². The fourth-order valence-electron chi connectivity index (χ4n) is 1.22. The van der Waals surface area contributed by atoms with Gasteiger partial charge in [-0.15, -0.1) is 0 Å². The van der Waals surface area contributed by atoms with Crippen molar-refractivity contribution >= 4 is 23.7 Å². The molecule has 0 aliphatic carbocycles. The number of ether oxygens (including phenoxy) is 2. The highest BCUT2D eigenvalue weighted by atomic mass is 32.2. The minimum Gasteiger partial charge on any atom is -0.463 e. The molecule has 0 aromatic carbocycles. The zero-order chi connectivity index (χ0) is 15.9. The molecule has 8 nitrogen and oxygen atoms in total. The Balaban J connectivity index is 2.67. The van der Waals surface area contributed by atoms with Gasteiger partial charge in [-0.05, 0) is 27.2 Å². The van der Waals surface area contributed by atoms with Crippen molar-refractivity contribution in [1.82, 2.24) is 15.0 Å². The Labute approximate surface area is 128 Å². The summed E-state index contributed by atoms with van der Waals surface area (Å²) in [6.07, 6.45) is 0.831. The minimum atomic E-state index is -0.518. The number of rotatable bonds is 7. The maximum atomic E-state index is 11.7. The van der Waals surface area contributed by atoms with E-state index in [1.165, 1.54) is 0 Å². The maximum absolute atomic E-state index is 11.7. The molecular weight excluding hydrogens is 294 g/mol. The van der Waals surface area contributed by atoms with E-state index in [-0.39, 0.29) is 23.7 Å². The van der Waals surface area contributed by atoms with Crippen molar-refractivity contribution in [3.63, 3.8) is 0 Å². The summed E-state index contributed by atoms with van der Waals surface area (Å²) in [7, 11) is 0. The number of nitrogens with one attached hydrogen (secondary N) is 1. The number of anilines is 1. The molecule has 0 radical (unpaired) electrons. The lowest BCUT2D eigenvalue weighted by Crippen LogP contribution is -2.25. The predicted octanol–water partition coefficient (Wildman–Crippen LogP) is 1.38. The van der Waals surface area contributed by atoms with E-state index in [4.69, 9.17) is 15.3 Å². The van der Waals surface area contributed by atoms with Crippen LogP contribution in [0.15, 0.2) is 5.16 Å². The summed E-state index contributed by atoms with van der Waals surface area (Å²) in [6.45, 7) is 7.90. The summed E-state index contributed by atoms with van der Waals surface area (Å²) in [6, 6.07) is 0.173. The molecule has 0 atom stereocenters. The van der Waals surface area contributed by atoms with Gasteiger partial charge in [0.1, 0.15) is 5.60 Å². The molecule has 21 heavy (non-hydrogen) atoms. The van der Waals surface area contributed by atoms with E-state index in [0.29, 0.717) is 11.8 Å². The van der Waals surface area contributed by atoms with Gasteiger partial charge in [0.2, 0.25) is 5.95 Å². The summed E-state index contributed by atoms with van der Waals surface area (Å²) in [5.74, 6) is 5.23. The molecule has 0 aliphatic rings. The first-order valence-electron chi connectivity index (χ1n) is 6.54. The van der Waals surface area contributed by atoms with Gasteiger partial charge in [0.05, 0.1) is 12.4 Å². The van der Waals surface area contributed by atoms with Gasteiger partial charge in [0.15, 0.2) is 5.16 Å². The van der Waals surface area contributed by atoms with Crippen LogP contribution in [0.2, 0.25) is 0 Å². The molecule has 0 saturated carbocycles. The van der Waals surface area contributed by atoms with Crippen molar-refractivity contribution in [1.29, 1.82) is 0 Å². The lowest BCUT2D eigenvalue weighted by Gasteiger charge is -2.19. The SMILES string of the molecule is CCCOc1nc(NN)nc(SCC(=O)OC(C)(C)C)n1. The minimum absolute atomic E-state index is 0.0957. The van der Waals surface area contributed by atoms with Crippen LogP contribution in [0.5, 0.6) is 6.01 Å². The monoisotopic (exact) mass is 315 g/mol. The molecule has 1 heterocycles. The average Bonchev–Trinajstić information content (AvgIpc) is 2.41. The molecule has 9 heteroatoms. The highest BCUT2D eigenvalue weighted by molar-refractivity contribution is 7.99. The molecule has 3 N–H and O–H groups in total. The van der Waals surface area contributed by atoms with Crippen LogP contribution in [0.1, 0.15) is 34.1 Å². The van der Waals surface area contributed by atoms with Crippen LogP contribution in [-0.4, -0.2) is 38.9 Å². The predicted molar refractivity (Wildman–Crippen MR) is 80.0 cm³/mol. The summed E-state index contributed by atoms with van der Waals surface area (Å²) in [4.78, 5) is 23.8. The summed E-state index contributed by atoms with van der Waals surface area (Å²) in [5, 5.41) is 0.343. The molecule has 0 aliphatic heterocycles. The number of nitrogens with two attached hydrogens (primary N) is 1. The van der Waals surface area contributed by atoms with Crippen molar-refractivity contribution in [2.45, 2.75) is 44.9 Å². The number of hydrogen-bond acceptors (Lipinski definition) is 9. The van der Waals surface area contributed by atoms with Crippen LogP contribution in [-0.2, 0) is 9.53 Å². The zero-order valence-electron chi connectivity index (χ0n) is 12.7. The van der Waals surface area contributed by atoms with E-state index in [2.05, 4.69) is 20.4 Å². The van der Waals surface area contributed by atoms with Gasteiger partial charge >= 0.3 is 12.0 Å². The van der Waals surface area contributed by atoms with E-state index in [0.717, 1.165) is 18.2 Å². The third-order valence-electron chi connectivity index (χ3n) is 1.90. The lowest BCUT2D eigenvalue weighted by molar-refractivity contribution is -0.151. The third kappa shape index (κ3) is 7.09. The van der Waals surface area contributed by atoms with Gasteiger partial charge in [-0.1, -0.05) is 18.7 Å². The van der Waals surface area contributed by atoms with Crippen LogP contribution in [0.25, 0.3) is 0 Å². The molecule has 0 amide bonds. The van der Waals surface area contributed by atoms with Gasteiger partial charge in [-0.3, -0.25) is 10.2 Å². The zero-order valence-corrected chi connectivity index (χ0v) is 13.5. The number of hydrogen-bond donors (Lipinski definition) is 2. The standard InChI is InChI=1S/C12H21N5O3S/c1-5-6-19-10-14-9(17-13)15-11(16-10)21-7-8(18)20-12(2,3)4/h5-7,13H2,1-4H3,(H,14,15,16,17). The second kappa shape index (κ2) is 7.99. The molecule has 0 unspecified atom stereocenters. The van der Waals surface area contributed by atoms with Crippen molar-refractivity contribution in [3.05, 3.63) is 0 Å². The second-order valence-electron chi connectivity index (χ2n) is 5.09. The average molecular weight is 315 g/mol. The molecule has 118 valence electrons. The van der Waals surface area contributed by atoms with Crippen molar-refractivity contribution in [2.75, 3.05) is 17.8 Å². The van der Waals surface area contributed by atoms with Crippen LogP contribution in [0.3, 0.4) is 0 Å². The van der Waals surface area contributed by atoms with Crippen LogP contribution < -0.4 is 16.0 Å². The molecule has 0 saturated heterocycles. The second-order valence-corrected chi connectivity index (χ2v) is 6.03. The first kappa shape index (κ1) is 17.4. The number of carbonyl (C=O) groups excluding carboxylic acids is 1. The number of aromatic nitrogens is 3. The molecular formula is C12H21N5O3S. The van der Waals surface area contributed by atoms with Gasteiger partial charge in [-0.2, -0.15) is 15.0 Å². The Hall–Kier alpha value is -1.61. The number of thioether (sulfide) groups is 1. The lowest BCUT2D eigenvalue weighted by atomic mass is 10.2. The maximum Gasteiger partial charge on any atom is 0.322 e. The fourth-order valence-corrected chi connectivity index (χ4v) is 1.82. The molecule has 1 aromatic heterocycles. The summed E-state index contributed by atoms with van der Waals surface area (Å²) in [5.41, 5.74) is 1.82.